The highest BCUT2D eigenvalue weighted by Crippen LogP contribution is 2.35. The van der Waals surface area contributed by atoms with Crippen LogP contribution >= 0.6 is 0 Å². The molecule has 0 aromatic heterocycles. The van der Waals surface area contributed by atoms with E-state index < -0.39 is 0 Å². The molecule has 1 N–H and O–H groups in total. The van der Waals surface area contributed by atoms with E-state index in [4.69, 9.17) is 4.74 Å². The van der Waals surface area contributed by atoms with Crippen LogP contribution in [0.15, 0.2) is 18.2 Å². The van der Waals surface area contributed by atoms with Gasteiger partial charge in [0.25, 0.3) is 5.69 Å². The van der Waals surface area contributed by atoms with Crippen LogP contribution in [0.25, 0.3) is 0 Å². The molecule has 2 rings (SSSR count). The molecule has 1 aromatic carbocycles. The lowest BCUT2D eigenvalue weighted by Crippen LogP contribution is -2.49. The fourth-order valence-electron chi connectivity index (χ4n) is 2.52. The molecule has 5 nitrogen and oxygen atoms in total. The maximum absolute atomic E-state index is 10.9. The number of nitrogens with one attached hydrogen (secondary N) is 1. The Hall–Kier alpha value is -1.62. The van der Waals surface area contributed by atoms with Crippen molar-refractivity contribution in [3.63, 3.8) is 0 Å². The fraction of sp³-hybridized carbons (Fsp3) is 0.571. The number of benzene rings is 1. The van der Waals surface area contributed by atoms with Gasteiger partial charge in [-0.15, -0.1) is 0 Å². The summed E-state index contributed by atoms with van der Waals surface area (Å²) in [6, 6.07) is 4.90. The van der Waals surface area contributed by atoms with Crippen molar-refractivity contribution in [3.8, 4) is 5.75 Å². The third kappa shape index (κ3) is 3.04. The lowest BCUT2D eigenvalue weighted by Gasteiger charge is -2.42. The van der Waals surface area contributed by atoms with Crippen molar-refractivity contribution in [2.75, 3.05) is 7.11 Å². The first-order valence-electron chi connectivity index (χ1n) is 6.66. The van der Waals surface area contributed by atoms with Gasteiger partial charge >= 0.3 is 0 Å². The predicted octanol–water partition coefficient (Wildman–Crippen LogP) is 3.03. The summed E-state index contributed by atoms with van der Waals surface area (Å²) in [6.45, 7) is 2.83. The number of nitro benzene ring substituents is 1. The van der Waals surface area contributed by atoms with Gasteiger partial charge in [0.2, 0.25) is 0 Å². The minimum Gasteiger partial charge on any atom is -0.496 e. The van der Waals surface area contributed by atoms with Crippen molar-refractivity contribution in [2.45, 2.75) is 44.7 Å². The van der Waals surface area contributed by atoms with Gasteiger partial charge in [-0.3, -0.25) is 10.1 Å². The van der Waals surface area contributed by atoms with Gasteiger partial charge in [0.15, 0.2) is 0 Å². The van der Waals surface area contributed by atoms with E-state index >= 15 is 0 Å². The Bertz CT molecular complexity index is 464. The van der Waals surface area contributed by atoms with E-state index in [1.165, 1.54) is 32.4 Å². The van der Waals surface area contributed by atoms with Crippen molar-refractivity contribution in [3.05, 3.63) is 33.9 Å². The number of hydrogen-bond donors (Lipinski definition) is 1. The summed E-state index contributed by atoms with van der Waals surface area (Å²) in [7, 11) is 1.52. The highest BCUT2D eigenvalue weighted by atomic mass is 16.6. The van der Waals surface area contributed by atoms with Gasteiger partial charge in [0.1, 0.15) is 5.75 Å². The monoisotopic (exact) mass is 264 g/mol. The van der Waals surface area contributed by atoms with E-state index in [2.05, 4.69) is 12.2 Å². The van der Waals surface area contributed by atoms with E-state index in [1.54, 1.807) is 6.07 Å². The molecular formula is C14H20N2O3. The lowest BCUT2D eigenvalue weighted by atomic mass is 9.75. The maximum Gasteiger partial charge on any atom is 0.273 e. The Morgan fingerprint density at radius 2 is 2.16 bits per heavy atom. The Kier molecular flexibility index (Phi) is 4.04. The van der Waals surface area contributed by atoms with E-state index in [1.807, 2.05) is 6.07 Å². The van der Waals surface area contributed by atoms with E-state index in [-0.39, 0.29) is 16.1 Å². The van der Waals surface area contributed by atoms with Gasteiger partial charge in [0.05, 0.1) is 18.1 Å². The standard InChI is InChI=1S/C14H20N2O3/c1-3-14(5-4-6-14)15-10-11-7-12(16(17)18)9-13(8-11)19-2/h7-9,15H,3-6,10H2,1-2H3. The van der Waals surface area contributed by atoms with Crippen LogP contribution in [-0.4, -0.2) is 17.6 Å². The topological polar surface area (TPSA) is 64.4 Å². The molecule has 19 heavy (non-hydrogen) atoms. The number of ether oxygens (including phenoxy) is 1. The van der Waals surface area contributed by atoms with Gasteiger partial charge in [-0.05, 0) is 37.3 Å². The predicted molar refractivity (Wildman–Crippen MR) is 73.4 cm³/mol. The Labute approximate surface area is 113 Å². The first-order valence-corrected chi connectivity index (χ1v) is 6.66. The van der Waals surface area contributed by atoms with Gasteiger partial charge < -0.3 is 10.1 Å². The summed E-state index contributed by atoms with van der Waals surface area (Å²) in [6.07, 6.45) is 4.74. The number of nitro groups is 1. The van der Waals surface area contributed by atoms with Gasteiger partial charge in [-0.25, -0.2) is 0 Å². The van der Waals surface area contributed by atoms with Crippen LogP contribution in [0.2, 0.25) is 0 Å². The summed E-state index contributed by atoms with van der Waals surface area (Å²) in [4.78, 5) is 10.5. The second kappa shape index (κ2) is 5.57. The summed E-state index contributed by atoms with van der Waals surface area (Å²) < 4.78 is 5.11. The van der Waals surface area contributed by atoms with E-state index in [0.29, 0.717) is 12.3 Å². The second-order valence-electron chi connectivity index (χ2n) is 5.14. The van der Waals surface area contributed by atoms with Crippen molar-refractivity contribution >= 4 is 5.69 Å². The van der Waals surface area contributed by atoms with Crippen LogP contribution in [0.4, 0.5) is 5.69 Å². The SMILES string of the molecule is CCC1(NCc2cc(OC)cc([N+](=O)[O-])c2)CCC1. The van der Waals surface area contributed by atoms with Crippen molar-refractivity contribution < 1.29 is 9.66 Å². The summed E-state index contributed by atoms with van der Waals surface area (Å²) >= 11 is 0. The largest absolute Gasteiger partial charge is 0.496 e. The molecule has 0 amide bonds. The van der Waals surface area contributed by atoms with Crippen molar-refractivity contribution in [1.29, 1.82) is 0 Å². The number of nitrogens with zero attached hydrogens (tertiary/aromatic N) is 1. The molecule has 0 bridgehead atoms. The summed E-state index contributed by atoms with van der Waals surface area (Å²) in [5, 5.41) is 14.4. The van der Waals surface area contributed by atoms with Crippen LogP contribution in [0.5, 0.6) is 5.75 Å². The molecule has 0 spiro atoms. The number of hydrogen-bond acceptors (Lipinski definition) is 4. The van der Waals surface area contributed by atoms with Crippen molar-refractivity contribution in [2.24, 2.45) is 0 Å². The summed E-state index contributed by atoms with van der Waals surface area (Å²) in [5.74, 6) is 0.533. The second-order valence-corrected chi connectivity index (χ2v) is 5.14. The van der Waals surface area contributed by atoms with Crippen molar-refractivity contribution in [1.82, 2.24) is 5.32 Å². The normalized spacial score (nSPS) is 16.7. The first kappa shape index (κ1) is 13.8. The maximum atomic E-state index is 10.9. The lowest BCUT2D eigenvalue weighted by molar-refractivity contribution is -0.385. The number of methoxy groups -OCH3 is 1. The summed E-state index contributed by atoms with van der Waals surface area (Å²) in [5.41, 5.74) is 1.21. The molecule has 1 aliphatic carbocycles. The molecule has 1 aliphatic rings. The quantitative estimate of drug-likeness (QED) is 0.633. The third-order valence-corrected chi connectivity index (χ3v) is 4.05. The minimum atomic E-state index is -0.384. The molecule has 5 heteroatoms. The van der Waals surface area contributed by atoms with Crippen LogP contribution in [-0.2, 0) is 6.54 Å². The Balaban J connectivity index is 2.11. The molecule has 0 aliphatic heterocycles. The average molecular weight is 264 g/mol. The highest BCUT2D eigenvalue weighted by Gasteiger charge is 2.34. The van der Waals surface area contributed by atoms with Crippen LogP contribution in [0.3, 0.4) is 0 Å². The molecule has 1 saturated carbocycles. The number of rotatable bonds is 6. The molecule has 0 atom stereocenters. The molecular weight excluding hydrogens is 244 g/mol. The zero-order valence-electron chi connectivity index (χ0n) is 11.4. The molecule has 0 saturated heterocycles. The Morgan fingerprint density at radius 1 is 1.42 bits per heavy atom. The molecule has 0 unspecified atom stereocenters. The molecule has 0 radical (unpaired) electrons. The minimum absolute atomic E-state index is 0.0790. The van der Waals surface area contributed by atoms with Gasteiger partial charge in [-0.2, -0.15) is 0 Å². The fourth-order valence-corrected chi connectivity index (χ4v) is 2.52. The van der Waals surface area contributed by atoms with E-state index in [0.717, 1.165) is 12.0 Å². The third-order valence-electron chi connectivity index (χ3n) is 4.05. The van der Waals surface area contributed by atoms with Crippen LogP contribution < -0.4 is 10.1 Å². The van der Waals surface area contributed by atoms with Crippen LogP contribution in [0.1, 0.15) is 38.2 Å². The molecule has 0 heterocycles. The molecule has 1 aromatic rings. The average Bonchev–Trinajstić information content (AvgIpc) is 2.37. The molecule has 104 valence electrons. The van der Waals surface area contributed by atoms with Gasteiger partial charge in [-0.1, -0.05) is 6.92 Å². The van der Waals surface area contributed by atoms with Gasteiger partial charge in [0, 0.05) is 18.2 Å². The zero-order valence-corrected chi connectivity index (χ0v) is 11.4. The smallest absolute Gasteiger partial charge is 0.273 e. The highest BCUT2D eigenvalue weighted by molar-refractivity contribution is 5.42. The van der Waals surface area contributed by atoms with Crippen LogP contribution in [0, 0.1) is 10.1 Å². The number of non-ortho nitro benzene ring substituents is 1. The molecule has 1 fully saturated rings. The Morgan fingerprint density at radius 3 is 2.63 bits per heavy atom. The zero-order chi connectivity index (χ0) is 13.9. The first-order chi connectivity index (χ1) is 9.08. The van der Waals surface area contributed by atoms with E-state index in [9.17, 15) is 10.1 Å².